The Morgan fingerprint density at radius 3 is 2.72 bits per heavy atom. The standard InChI is InChI=1S/C11H11Cl2NO4/c1-6(11(16)17)14-10(15)5-18-9-4-7(12)2-3-8(9)13/h2-4,6H,5H2,1H3,(H,14,15)(H,16,17)/p-1/t6-/m0/s1. The second-order valence-corrected chi connectivity index (χ2v) is 4.32. The molecular weight excluding hydrogens is 281 g/mol. The molecule has 1 atom stereocenters. The van der Waals surface area contributed by atoms with Crippen molar-refractivity contribution in [3.05, 3.63) is 28.2 Å². The van der Waals surface area contributed by atoms with E-state index in [1.54, 1.807) is 6.07 Å². The maximum atomic E-state index is 11.3. The van der Waals surface area contributed by atoms with Crippen LogP contribution in [0.25, 0.3) is 0 Å². The van der Waals surface area contributed by atoms with Gasteiger partial charge in [0.25, 0.3) is 5.91 Å². The highest BCUT2D eigenvalue weighted by Gasteiger charge is 2.10. The topological polar surface area (TPSA) is 78.5 Å². The molecule has 0 saturated carbocycles. The van der Waals surface area contributed by atoms with E-state index in [0.29, 0.717) is 10.0 Å². The Morgan fingerprint density at radius 1 is 1.44 bits per heavy atom. The van der Waals surface area contributed by atoms with Crippen LogP contribution >= 0.6 is 23.2 Å². The molecule has 1 amide bonds. The number of carbonyl (C=O) groups is 2. The van der Waals surface area contributed by atoms with Crippen LogP contribution in [0.3, 0.4) is 0 Å². The summed E-state index contributed by atoms with van der Waals surface area (Å²) in [4.78, 5) is 21.7. The van der Waals surface area contributed by atoms with Gasteiger partial charge in [-0.3, -0.25) is 4.79 Å². The molecule has 0 spiro atoms. The van der Waals surface area contributed by atoms with Gasteiger partial charge >= 0.3 is 0 Å². The van der Waals surface area contributed by atoms with Crippen LogP contribution in [0.1, 0.15) is 6.92 Å². The van der Waals surface area contributed by atoms with Gasteiger partial charge in [0.2, 0.25) is 0 Å². The lowest BCUT2D eigenvalue weighted by atomic mass is 10.3. The second kappa shape index (κ2) is 6.47. The summed E-state index contributed by atoms with van der Waals surface area (Å²) in [6.45, 7) is 0.928. The Bertz CT molecular complexity index is 464. The Labute approximate surface area is 114 Å². The third-order valence-electron chi connectivity index (χ3n) is 1.98. The quantitative estimate of drug-likeness (QED) is 0.863. The molecule has 1 N–H and O–H groups in total. The summed E-state index contributed by atoms with van der Waals surface area (Å²) in [5.41, 5.74) is 0. The molecule has 7 heteroatoms. The fraction of sp³-hybridized carbons (Fsp3) is 0.273. The van der Waals surface area contributed by atoms with Gasteiger partial charge in [-0.05, 0) is 19.1 Å². The smallest absolute Gasteiger partial charge is 0.258 e. The molecule has 0 aliphatic rings. The Hall–Kier alpha value is -1.46. The number of halogens is 2. The number of carboxylic acid groups (broad SMARTS) is 1. The first-order valence-corrected chi connectivity index (χ1v) is 5.74. The summed E-state index contributed by atoms with van der Waals surface area (Å²) >= 11 is 11.5. The van der Waals surface area contributed by atoms with Gasteiger partial charge in [0.15, 0.2) is 6.61 Å². The molecule has 1 rings (SSSR count). The number of hydrogen-bond acceptors (Lipinski definition) is 4. The zero-order valence-corrected chi connectivity index (χ0v) is 10.9. The van der Waals surface area contributed by atoms with Crippen LogP contribution < -0.4 is 15.2 Å². The number of benzene rings is 1. The molecule has 1 aromatic rings. The van der Waals surface area contributed by atoms with E-state index >= 15 is 0 Å². The van der Waals surface area contributed by atoms with Crippen LogP contribution in [-0.4, -0.2) is 24.5 Å². The van der Waals surface area contributed by atoms with Crippen LogP contribution in [0.4, 0.5) is 0 Å². The van der Waals surface area contributed by atoms with E-state index < -0.39 is 17.9 Å². The van der Waals surface area contributed by atoms with Crippen molar-refractivity contribution in [3.8, 4) is 5.75 Å². The van der Waals surface area contributed by atoms with Crippen molar-refractivity contribution < 1.29 is 19.4 Å². The first-order chi connectivity index (χ1) is 8.40. The molecule has 0 aliphatic carbocycles. The van der Waals surface area contributed by atoms with E-state index in [9.17, 15) is 14.7 Å². The Balaban J connectivity index is 2.52. The first-order valence-electron chi connectivity index (χ1n) is 4.98. The minimum atomic E-state index is -1.37. The van der Waals surface area contributed by atoms with Gasteiger partial charge in [-0.25, -0.2) is 0 Å². The van der Waals surface area contributed by atoms with Gasteiger partial charge in [0.1, 0.15) is 5.75 Å². The monoisotopic (exact) mass is 290 g/mol. The van der Waals surface area contributed by atoms with Gasteiger partial charge in [-0.1, -0.05) is 23.2 Å². The molecule has 0 bridgehead atoms. The van der Waals surface area contributed by atoms with Crippen LogP contribution in [0.2, 0.25) is 10.0 Å². The number of nitrogens with one attached hydrogen (secondary N) is 1. The summed E-state index contributed by atoms with van der Waals surface area (Å²) < 4.78 is 5.12. The van der Waals surface area contributed by atoms with E-state index in [1.807, 2.05) is 0 Å². The molecule has 0 aromatic heterocycles. The molecular formula is C11H10Cl2NO4-. The zero-order chi connectivity index (χ0) is 13.7. The van der Waals surface area contributed by atoms with Crippen LogP contribution in [0.15, 0.2) is 18.2 Å². The van der Waals surface area contributed by atoms with Gasteiger partial charge in [-0.2, -0.15) is 0 Å². The van der Waals surface area contributed by atoms with Crippen molar-refractivity contribution in [1.82, 2.24) is 5.32 Å². The lowest BCUT2D eigenvalue weighted by Crippen LogP contribution is -2.47. The SMILES string of the molecule is C[C@H](NC(=O)COc1cc(Cl)ccc1Cl)C(=O)[O-]. The van der Waals surface area contributed by atoms with E-state index in [0.717, 1.165) is 0 Å². The Kier molecular flexibility index (Phi) is 5.25. The van der Waals surface area contributed by atoms with Gasteiger partial charge in [0.05, 0.1) is 17.0 Å². The van der Waals surface area contributed by atoms with E-state index in [-0.39, 0.29) is 12.4 Å². The van der Waals surface area contributed by atoms with Crippen molar-refractivity contribution >= 4 is 35.1 Å². The molecule has 0 unspecified atom stereocenters. The maximum absolute atomic E-state index is 11.3. The van der Waals surface area contributed by atoms with Crippen LogP contribution in [0.5, 0.6) is 5.75 Å². The number of rotatable bonds is 5. The zero-order valence-electron chi connectivity index (χ0n) is 9.41. The molecule has 0 radical (unpaired) electrons. The number of carboxylic acids is 1. The van der Waals surface area contributed by atoms with E-state index in [2.05, 4.69) is 5.32 Å². The third-order valence-corrected chi connectivity index (χ3v) is 2.53. The molecule has 0 heterocycles. The number of carbonyl (C=O) groups excluding carboxylic acids is 2. The highest BCUT2D eigenvalue weighted by molar-refractivity contribution is 6.34. The third kappa shape index (κ3) is 4.43. The summed E-state index contributed by atoms with van der Waals surface area (Å²) in [5, 5.41) is 13.3. The predicted molar refractivity (Wildman–Crippen MR) is 64.6 cm³/mol. The molecule has 1 aromatic carbocycles. The summed E-state index contributed by atoms with van der Waals surface area (Å²) in [6.07, 6.45) is 0. The Morgan fingerprint density at radius 2 is 2.11 bits per heavy atom. The molecule has 0 aliphatic heterocycles. The van der Waals surface area contributed by atoms with Crippen molar-refractivity contribution in [1.29, 1.82) is 0 Å². The average molecular weight is 291 g/mol. The van der Waals surface area contributed by atoms with Crippen molar-refractivity contribution in [2.45, 2.75) is 13.0 Å². The molecule has 98 valence electrons. The highest BCUT2D eigenvalue weighted by Crippen LogP contribution is 2.27. The van der Waals surface area contributed by atoms with Gasteiger partial charge in [-0.15, -0.1) is 0 Å². The number of aliphatic carboxylic acids is 1. The predicted octanol–water partition coefficient (Wildman–Crippen LogP) is 0.627. The minimum Gasteiger partial charge on any atom is -0.548 e. The van der Waals surface area contributed by atoms with Crippen molar-refractivity contribution in [2.24, 2.45) is 0 Å². The molecule has 5 nitrogen and oxygen atoms in total. The summed E-state index contributed by atoms with van der Waals surface area (Å²) in [5.74, 6) is -1.72. The fourth-order valence-corrected chi connectivity index (χ4v) is 1.41. The number of ether oxygens (including phenoxy) is 1. The average Bonchev–Trinajstić information content (AvgIpc) is 2.30. The maximum Gasteiger partial charge on any atom is 0.258 e. The highest BCUT2D eigenvalue weighted by atomic mass is 35.5. The fourth-order valence-electron chi connectivity index (χ4n) is 1.07. The first kappa shape index (κ1) is 14.6. The van der Waals surface area contributed by atoms with Gasteiger partial charge in [0, 0.05) is 11.1 Å². The number of hydrogen-bond donors (Lipinski definition) is 1. The van der Waals surface area contributed by atoms with Crippen LogP contribution in [-0.2, 0) is 9.59 Å². The molecule has 0 fully saturated rings. The van der Waals surface area contributed by atoms with E-state index in [4.69, 9.17) is 27.9 Å². The van der Waals surface area contributed by atoms with E-state index in [1.165, 1.54) is 19.1 Å². The van der Waals surface area contributed by atoms with Crippen LogP contribution in [0, 0.1) is 0 Å². The normalized spacial score (nSPS) is 11.7. The van der Waals surface area contributed by atoms with Gasteiger partial charge < -0.3 is 20.0 Å². The lowest BCUT2D eigenvalue weighted by Gasteiger charge is -2.15. The molecule has 18 heavy (non-hydrogen) atoms. The minimum absolute atomic E-state index is 0.250. The van der Waals surface area contributed by atoms with Crippen molar-refractivity contribution in [3.63, 3.8) is 0 Å². The summed E-state index contributed by atoms with van der Waals surface area (Å²) in [7, 11) is 0. The molecule has 0 saturated heterocycles. The van der Waals surface area contributed by atoms with Crippen molar-refractivity contribution in [2.75, 3.05) is 6.61 Å². The number of amides is 1. The lowest BCUT2D eigenvalue weighted by molar-refractivity contribution is -0.307. The second-order valence-electron chi connectivity index (χ2n) is 3.47. The summed E-state index contributed by atoms with van der Waals surface area (Å²) in [6, 6.07) is 3.48. The largest absolute Gasteiger partial charge is 0.548 e.